The Morgan fingerprint density at radius 2 is 1.84 bits per heavy atom. The van der Waals surface area contributed by atoms with Crippen molar-refractivity contribution in [3.63, 3.8) is 0 Å². The molecule has 0 radical (unpaired) electrons. The molecule has 0 bridgehead atoms. The molecule has 1 amide bonds. The lowest BCUT2D eigenvalue weighted by atomic mass is 9.96. The summed E-state index contributed by atoms with van der Waals surface area (Å²) in [6.07, 6.45) is 3.85. The van der Waals surface area contributed by atoms with Gasteiger partial charge in [-0.05, 0) is 73.7 Å². The second kappa shape index (κ2) is 8.49. The molecule has 158 valence electrons. The number of aryl methyl sites for hydroxylation is 1. The Kier molecular flexibility index (Phi) is 5.76. The lowest BCUT2D eigenvalue weighted by Gasteiger charge is -2.10. The number of carbonyl (C=O) groups is 1. The standard InChI is InChI=1S/C22H18FN3O3S2/c23-15-8-10-17(11-9-15)31(28,29)26-16-5-3-4-14(12-16)21(27)25-22-19(13-24)18-6-1-2-7-20(18)30-22/h3-5,8-12,26H,1-2,6-7H2,(H,25,27). The minimum absolute atomic E-state index is 0.0911. The van der Waals surface area contributed by atoms with E-state index in [9.17, 15) is 22.9 Å². The number of hydrogen-bond donors (Lipinski definition) is 2. The zero-order valence-corrected chi connectivity index (χ0v) is 17.9. The van der Waals surface area contributed by atoms with Crippen LogP contribution in [0.25, 0.3) is 0 Å². The highest BCUT2D eigenvalue weighted by atomic mass is 32.2. The number of rotatable bonds is 5. The van der Waals surface area contributed by atoms with Crippen molar-refractivity contribution >= 4 is 38.0 Å². The van der Waals surface area contributed by atoms with Gasteiger partial charge in [-0.3, -0.25) is 9.52 Å². The smallest absolute Gasteiger partial charge is 0.261 e. The van der Waals surface area contributed by atoms with Gasteiger partial charge in [-0.2, -0.15) is 5.26 Å². The molecule has 9 heteroatoms. The maximum absolute atomic E-state index is 13.1. The molecule has 1 aliphatic carbocycles. The zero-order valence-electron chi connectivity index (χ0n) is 16.3. The number of nitrogens with zero attached hydrogens (tertiary/aromatic N) is 1. The number of nitrogens with one attached hydrogen (secondary N) is 2. The molecule has 1 heterocycles. The summed E-state index contributed by atoms with van der Waals surface area (Å²) in [6.45, 7) is 0. The molecule has 2 aromatic carbocycles. The molecule has 0 saturated heterocycles. The van der Waals surface area contributed by atoms with Gasteiger partial charge in [-0.25, -0.2) is 12.8 Å². The minimum Gasteiger partial charge on any atom is -0.312 e. The molecular weight excluding hydrogens is 437 g/mol. The average molecular weight is 456 g/mol. The fourth-order valence-corrected chi connectivity index (χ4v) is 5.78. The van der Waals surface area contributed by atoms with Gasteiger partial charge < -0.3 is 5.32 Å². The van der Waals surface area contributed by atoms with Crippen LogP contribution in [0.3, 0.4) is 0 Å². The monoisotopic (exact) mass is 455 g/mol. The molecule has 3 aromatic rings. The number of fused-ring (bicyclic) bond motifs is 1. The lowest BCUT2D eigenvalue weighted by Crippen LogP contribution is -2.15. The van der Waals surface area contributed by atoms with E-state index < -0.39 is 21.7 Å². The first-order chi connectivity index (χ1) is 14.9. The van der Waals surface area contributed by atoms with E-state index in [4.69, 9.17) is 0 Å². The quantitative estimate of drug-likeness (QED) is 0.583. The van der Waals surface area contributed by atoms with Gasteiger partial charge in [-0.1, -0.05) is 6.07 Å². The van der Waals surface area contributed by atoms with Gasteiger partial charge in [0.05, 0.1) is 10.5 Å². The lowest BCUT2D eigenvalue weighted by molar-refractivity contribution is 0.102. The normalized spacial score (nSPS) is 13.2. The van der Waals surface area contributed by atoms with Gasteiger partial charge in [0.15, 0.2) is 0 Å². The fraction of sp³-hybridized carbons (Fsp3) is 0.182. The van der Waals surface area contributed by atoms with Crippen molar-refractivity contribution in [2.45, 2.75) is 30.6 Å². The van der Waals surface area contributed by atoms with Crippen molar-refractivity contribution in [3.8, 4) is 6.07 Å². The van der Waals surface area contributed by atoms with Crippen molar-refractivity contribution in [1.82, 2.24) is 0 Å². The number of amides is 1. The third-order valence-corrected chi connectivity index (χ3v) is 7.62. The zero-order chi connectivity index (χ0) is 22.0. The first kappa shape index (κ1) is 21.0. The number of hydrogen-bond acceptors (Lipinski definition) is 5. The summed E-state index contributed by atoms with van der Waals surface area (Å²) in [7, 11) is -3.93. The first-order valence-electron chi connectivity index (χ1n) is 9.62. The molecule has 0 unspecified atom stereocenters. The van der Waals surface area contributed by atoms with Crippen LogP contribution in [0.2, 0.25) is 0 Å². The van der Waals surface area contributed by atoms with E-state index >= 15 is 0 Å². The van der Waals surface area contributed by atoms with Crippen LogP contribution in [0.5, 0.6) is 0 Å². The number of nitriles is 1. The van der Waals surface area contributed by atoms with Crippen molar-refractivity contribution in [3.05, 3.63) is 75.9 Å². The Morgan fingerprint density at radius 1 is 1.10 bits per heavy atom. The number of sulfonamides is 1. The molecule has 1 aliphatic rings. The molecule has 6 nitrogen and oxygen atoms in total. The first-order valence-corrected chi connectivity index (χ1v) is 11.9. The fourth-order valence-electron chi connectivity index (χ4n) is 3.50. The summed E-state index contributed by atoms with van der Waals surface area (Å²) in [5, 5.41) is 12.9. The number of halogens is 1. The summed E-state index contributed by atoms with van der Waals surface area (Å²) in [4.78, 5) is 13.8. The van der Waals surface area contributed by atoms with Gasteiger partial charge in [0, 0.05) is 16.1 Å². The Bertz CT molecular complexity index is 1290. The van der Waals surface area contributed by atoms with Crippen LogP contribution in [-0.2, 0) is 22.9 Å². The Balaban J connectivity index is 1.55. The summed E-state index contributed by atoms with van der Waals surface area (Å²) in [5.41, 5.74) is 1.98. The topological polar surface area (TPSA) is 99.1 Å². The van der Waals surface area contributed by atoms with Crippen molar-refractivity contribution in [2.75, 3.05) is 10.0 Å². The highest BCUT2D eigenvalue weighted by molar-refractivity contribution is 7.92. The van der Waals surface area contributed by atoms with Crippen molar-refractivity contribution in [2.24, 2.45) is 0 Å². The van der Waals surface area contributed by atoms with Gasteiger partial charge >= 0.3 is 0 Å². The average Bonchev–Trinajstić information content (AvgIpc) is 3.10. The SMILES string of the molecule is N#Cc1c(NC(=O)c2cccc(NS(=O)(=O)c3ccc(F)cc3)c2)sc2c1CCCC2. The van der Waals surface area contributed by atoms with Crippen LogP contribution >= 0.6 is 11.3 Å². The molecule has 0 fully saturated rings. The van der Waals surface area contributed by atoms with Crippen molar-refractivity contribution in [1.29, 1.82) is 5.26 Å². The summed E-state index contributed by atoms with van der Waals surface area (Å²) in [6, 6.07) is 12.7. The summed E-state index contributed by atoms with van der Waals surface area (Å²) < 4.78 is 40.5. The molecule has 4 rings (SSSR count). The van der Waals surface area contributed by atoms with Crippen molar-refractivity contribution < 1.29 is 17.6 Å². The van der Waals surface area contributed by atoms with E-state index in [1.54, 1.807) is 12.1 Å². The molecular formula is C22H18FN3O3S2. The van der Waals surface area contributed by atoms with E-state index in [2.05, 4.69) is 16.1 Å². The Morgan fingerprint density at radius 3 is 2.58 bits per heavy atom. The number of thiophene rings is 1. The third-order valence-electron chi connectivity index (χ3n) is 5.01. The minimum atomic E-state index is -3.93. The molecule has 1 aromatic heterocycles. The van der Waals surface area contributed by atoms with E-state index in [1.165, 1.54) is 23.5 Å². The van der Waals surface area contributed by atoms with Crippen LogP contribution in [0, 0.1) is 17.1 Å². The van der Waals surface area contributed by atoms with E-state index in [0.29, 0.717) is 10.6 Å². The molecule has 0 atom stereocenters. The third kappa shape index (κ3) is 4.45. The van der Waals surface area contributed by atoms with Gasteiger partial charge in [0.25, 0.3) is 15.9 Å². The predicted molar refractivity (Wildman–Crippen MR) is 117 cm³/mol. The molecule has 0 saturated carbocycles. The van der Waals surface area contributed by atoms with Gasteiger partial charge in [0.1, 0.15) is 16.9 Å². The van der Waals surface area contributed by atoms with E-state index in [-0.39, 0.29) is 16.1 Å². The molecule has 31 heavy (non-hydrogen) atoms. The predicted octanol–water partition coefficient (Wildman–Crippen LogP) is 4.69. The summed E-state index contributed by atoms with van der Waals surface area (Å²) >= 11 is 1.43. The molecule has 0 spiro atoms. The summed E-state index contributed by atoms with van der Waals surface area (Å²) in [5.74, 6) is -0.970. The number of carbonyl (C=O) groups excluding carboxylic acids is 1. The maximum atomic E-state index is 13.1. The second-order valence-electron chi connectivity index (χ2n) is 7.12. The van der Waals surface area contributed by atoms with Crippen LogP contribution < -0.4 is 10.0 Å². The van der Waals surface area contributed by atoms with E-state index in [0.717, 1.165) is 60.4 Å². The Hall–Kier alpha value is -3.22. The van der Waals surface area contributed by atoms with Gasteiger partial charge in [-0.15, -0.1) is 11.3 Å². The van der Waals surface area contributed by atoms with E-state index in [1.807, 2.05) is 0 Å². The maximum Gasteiger partial charge on any atom is 0.261 e. The van der Waals surface area contributed by atoms with Crippen LogP contribution in [0.4, 0.5) is 15.1 Å². The largest absolute Gasteiger partial charge is 0.312 e. The number of benzene rings is 2. The van der Waals surface area contributed by atoms with Gasteiger partial charge in [0.2, 0.25) is 0 Å². The molecule has 2 N–H and O–H groups in total. The highest BCUT2D eigenvalue weighted by Crippen LogP contribution is 2.37. The van der Waals surface area contributed by atoms with Crippen LogP contribution in [0.1, 0.15) is 39.2 Å². The van der Waals surface area contributed by atoms with Crippen LogP contribution in [0.15, 0.2) is 53.4 Å². The number of anilines is 2. The Labute approximate surface area is 183 Å². The van der Waals surface area contributed by atoms with Crippen LogP contribution in [-0.4, -0.2) is 14.3 Å². The highest BCUT2D eigenvalue weighted by Gasteiger charge is 2.22. The molecule has 0 aliphatic heterocycles. The second-order valence-corrected chi connectivity index (χ2v) is 9.91.